The van der Waals surface area contributed by atoms with Gasteiger partial charge < -0.3 is 10.6 Å². The summed E-state index contributed by atoms with van der Waals surface area (Å²) < 4.78 is 0. The highest BCUT2D eigenvalue weighted by Crippen LogP contribution is 2.39. The van der Waals surface area contributed by atoms with Gasteiger partial charge in [0.05, 0.1) is 0 Å². The lowest BCUT2D eigenvalue weighted by atomic mass is 9.71. The van der Waals surface area contributed by atoms with Crippen LogP contribution in [0.4, 0.5) is 10.5 Å². The molecule has 0 bridgehead atoms. The molecule has 0 saturated heterocycles. The Balaban J connectivity index is 1.85. The maximum absolute atomic E-state index is 12.0. The first-order chi connectivity index (χ1) is 10.2. The molecule has 1 fully saturated rings. The van der Waals surface area contributed by atoms with E-state index in [1.165, 1.54) is 32.1 Å². The Morgan fingerprint density at radius 1 is 1.19 bits per heavy atom. The molecule has 1 aromatic carbocycles. The molecule has 0 unspecified atom stereocenters. The number of hydrogen-bond donors (Lipinski definition) is 2. The quantitative estimate of drug-likeness (QED) is 0.730. The maximum Gasteiger partial charge on any atom is 0.319 e. The Morgan fingerprint density at radius 3 is 2.57 bits per heavy atom. The normalized spacial score (nSPS) is 17.0. The van der Waals surface area contributed by atoms with Gasteiger partial charge in [0.25, 0.3) is 0 Å². The van der Waals surface area contributed by atoms with E-state index < -0.39 is 0 Å². The molecule has 3 heteroatoms. The van der Waals surface area contributed by atoms with Crippen LogP contribution in [0.2, 0.25) is 0 Å². The molecule has 2 N–H and O–H groups in total. The molecule has 0 aromatic heterocycles. The highest BCUT2D eigenvalue weighted by atomic mass is 16.2. The highest BCUT2D eigenvalue weighted by molar-refractivity contribution is 5.89. The summed E-state index contributed by atoms with van der Waals surface area (Å²) in [5.41, 5.74) is 1.10. The number of allylic oxidation sites excluding steroid dienone is 1. The Labute approximate surface area is 127 Å². The summed E-state index contributed by atoms with van der Waals surface area (Å²) in [4.78, 5) is 12.0. The molecule has 0 aliphatic heterocycles. The van der Waals surface area contributed by atoms with Crippen LogP contribution in [-0.4, -0.2) is 12.6 Å². The third-order valence-corrected chi connectivity index (χ3v) is 4.45. The van der Waals surface area contributed by atoms with Gasteiger partial charge in [-0.3, -0.25) is 0 Å². The standard InChI is InChI=1S/C18H26N2O/c1-2-3-12-18(13-8-5-9-14-18)15-19-17(21)20-16-10-6-4-7-11-16/h2,4,6-7,10-11H,1,3,5,8-9,12-15H2,(H2,19,20,21). The van der Waals surface area contributed by atoms with Gasteiger partial charge in [0.2, 0.25) is 0 Å². The zero-order valence-corrected chi connectivity index (χ0v) is 12.7. The van der Waals surface area contributed by atoms with Gasteiger partial charge in [-0.1, -0.05) is 43.5 Å². The molecule has 1 aromatic rings. The molecule has 114 valence electrons. The number of benzene rings is 1. The first-order valence-corrected chi connectivity index (χ1v) is 7.95. The van der Waals surface area contributed by atoms with Crippen LogP contribution >= 0.6 is 0 Å². The van der Waals surface area contributed by atoms with E-state index in [9.17, 15) is 4.79 Å². The van der Waals surface area contributed by atoms with Crippen LogP contribution in [0.5, 0.6) is 0 Å². The van der Waals surface area contributed by atoms with Crippen molar-refractivity contribution in [2.24, 2.45) is 5.41 Å². The van der Waals surface area contributed by atoms with Crippen molar-refractivity contribution in [3.63, 3.8) is 0 Å². The number of nitrogens with one attached hydrogen (secondary N) is 2. The summed E-state index contributed by atoms with van der Waals surface area (Å²) in [6.45, 7) is 4.59. The summed E-state index contributed by atoms with van der Waals surface area (Å²) in [6.07, 6.45) is 10.5. The summed E-state index contributed by atoms with van der Waals surface area (Å²) in [6, 6.07) is 9.46. The summed E-state index contributed by atoms with van der Waals surface area (Å²) in [5, 5.41) is 5.95. The van der Waals surface area contributed by atoms with Crippen LogP contribution in [0.15, 0.2) is 43.0 Å². The van der Waals surface area contributed by atoms with Crippen molar-refractivity contribution in [2.45, 2.75) is 44.9 Å². The smallest absolute Gasteiger partial charge is 0.319 e. The lowest BCUT2D eigenvalue weighted by molar-refractivity contribution is 0.169. The largest absolute Gasteiger partial charge is 0.337 e. The minimum Gasteiger partial charge on any atom is -0.337 e. The van der Waals surface area contributed by atoms with Crippen LogP contribution in [0, 0.1) is 5.41 Å². The van der Waals surface area contributed by atoms with Crippen molar-refractivity contribution in [3.8, 4) is 0 Å². The van der Waals surface area contributed by atoms with Crippen molar-refractivity contribution in [1.29, 1.82) is 0 Å². The highest BCUT2D eigenvalue weighted by Gasteiger charge is 2.31. The van der Waals surface area contributed by atoms with Crippen LogP contribution in [-0.2, 0) is 0 Å². The van der Waals surface area contributed by atoms with Gasteiger partial charge in [0.1, 0.15) is 0 Å². The second-order valence-corrected chi connectivity index (χ2v) is 6.06. The van der Waals surface area contributed by atoms with Crippen LogP contribution in [0.1, 0.15) is 44.9 Å². The number of carbonyl (C=O) groups is 1. The Hall–Kier alpha value is -1.77. The van der Waals surface area contributed by atoms with Gasteiger partial charge in [0, 0.05) is 12.2 Å². The van der Waals surface area contributed by atoms with Gasteiger partial charge in [-0.05, 0) is 43.2 Å². The zero-order valence-electron chi connectivity index (χ0n) is 12.7. The predicted octanol–water partition coefficient (Wildman–Crippen LogP) is 4.72. The summed E-state index contributed by atoms with van der Waals surface area (Å²) in [5.74, 6) is 0. The third-order valence-electron chi connectivity index (χ3n) is 4.45. The molecule has 3 nitrogen and oxygen atoms in total. The van der Waals surface area contributed by atoms with E-state index in [2.05, 4.69) is 17.2 Å². The molecular formula is C18H26N2O. The minimum absolute atomic E-state index is 0.107. The molecule has 1 aliphatic rings. The fourth-order valence-corrected chi connectivity index (χ4v) is 3.19. The molecule has 0 spiro atoms. The van der Waals surface area contributed by atoms with Crippen molar-refractivity contribution in [3.05, 3.63) is 43.0 Å². The summed E-state index contributed by atoms with van der Waals surface area (Å²) >= 11 is 0. The van der Waals surface area contributed by atoms with E-state index in [1.54, 1.807) is 0 Å². The van der Waals surface area contributed by atoms with Crippen LogP contribution in [0.3, 0.4) is 0 Å². The van der Waals surface area contributed by atoms with E-state index in [0.29, 0.717) is 0 Å². The fraction of sp³-hybridized carbons (Fsp3) is 0.500. The van der Waals surface area contributed by atoms with Gasteiger partial charge in [-0.2, -0.15) is 0 Å². The number of anilines is 1. The van der Waals surface area contributed by atoms with Crippen LogP contribution < -0.4 is 10.6 Å². The van der Waals surface area contributed by atoms with Crippen molar-refractivity contribution >= 4 is 11.7 Å². The lowest BCUT2D eigenvalue weighted by Crippen LogP contribution is -2.40. The van der Waals surface area contributed by atoms with Crippen molar-refractivity contribution < 1.29 is 4.79 Å². The van der Waals surface area contributed by atoms with Gasteiger partial charge in [-0.25, -0.2) is 4.79 Å². The number of rotatable bonds is 6. The van der Waals surface area contributed by atoms with E-state index in [0.717, 1.165) is 25.1 Å². The molecule has 0 atom stereocenters. The molecule has 0 heterocycles. The Bertz CT molecular complexity index is 450. The number of amides is 2. The average molecular weight is 286 g/mol. The third kappa shape index (κ3) is 4.92. The number of urea groups is 1. The molecule has 2 amide bonds. The number of carbonyl (C=O) groups excluding carboxylic acids is 1. The molecule has 0 radical (unpaired) electrons. The average Bonchev–Trinajstić information content (AvgIpc) is 2.53. The number of hydrogen-bond acceptors (Lipinski definition) is 1. The monoisotopic (exact) mass is 286 g/mol. The second kappa shape index (κ2) is 7.87. The van der Waals surface area contributed by atoms with E-state index in [1.807, 2.05) is 36.4 Å². The number of para-hydroxylation sites is 1. The van der Waals surface area contributed by atoms with E-state index in [-0.39, 0.29) is 11.4 Å². The van der Waals surface area contributed by atoms with Crippen molar-refractivity contribution in [1.82, 2.24) is 5.32 Å². The topological polar surface area (TPSA) is 41.1 Å². The fourth-order valence-electron chi connectivity index (χ4n) is 3.19. The molecule has 1 aliphatic carbocycles. The maximum atomic E-state index is 12.0. The van der Waals surface area contributed by atoms with E-state index in [4.69, 9.17) is 0 Å². The minimum atomic E-state index is -0.107. The van der Waals surface area contributed by atoms with Gasteiger partial charge in [0.15, 0.2) is 0 Å². The van der Waals surface area contributed by atoms with Gasteiger partial charge >= 0.3 is 6.03 Å². The molecule has 2 rings (SSSR count). The molecule has 21 heavy (non-hydrogen) atoms. The van der Waals surface area contributed by atoms with Crippen molar-refractivity contribution in [2.75, 3.05) is 11.9 Å². The SMILES string of the molecule is C=CCCC1(CNC(=O)Nc2ccccc2)CCCCC1. The summed E-state index contributed by atoms with van der Waals surface area (Å²) in [7, 11) is 0. The van der Waals surface area contributed by atoms with Gasteiger partial charge in [-0.15, -0.1) is 6.58 Å². The predicted molar refractivity (Wildman–Crippen MR) is 88.4 cm³/mol. The lowest BCUT2D eigenvalue weighted by Gasteiger charge is -2.37. The Morgan fingerprint density at radius 2 is 1.90 bits per heavy atom. The molecular weight excluding hydrogens is 260 g/mol. The Kier molecular flexibility index (Phi) is 5.85. The van der Waals surface area contributed by atoms with E-state index >= 15 is 0 Å². The molecule has 1 saturated carbocycles. The van der Waals surface area contributed by atoms with Crippen LogP contribution in [0.25, 0.3) is 0 Å². The first-order valence-electron chi connectivity index (χ1n) is 7.95. The zero-order chi connectivity index (χ0) is 15.0. The second-order valence-electron chi connectivity index (χ2n) is 6.06. The first kappa shape index (κ1) is 15.6.